The molecule has 1 radical (unpaired) electrons. The van der Waals surface area contributed by atoms with Crippen molar-refractivity contribution in [3.05, 3.63) is 57.7 Å². The van der Waals surface area contributed by atoms with Gasteiger partial charge in [0.25, 0.3) is 15.7 Å². The van der Waals surface area contributed by atoms with Gasteiger partial charge in [0, 0.05) is 12.1 Å². The van der Waals surface area contributed by atoms with Gasteiger partial charge in [-0.05, 0) is 24.3 Å². The second-order valence-corrected chi connectivity index (χ2v) is 5.63. The fourth-order valence-electron chi connectivity index (χ4n) is 1.36. The number of benzene rings is 1. The third-order valence-corrected chi connectivity index (χ3v) is 3.77. The van der Waals surface area contributed by atoms with Crippen molar-refractivity contribution in [1.29, 1.82) is 0 Å². The summed E-state index contributed by atoms with van der Waals surface area (Å²) in [4.78, 5) is 13.5. The van der Waals surface area contributed by atoms with Crippen LogP contribution in [0.5, 0.6) is 0 Å². The number of hydrogen-bond donors (Lipinski definition) is 0. The molecule has 1 aromatic heterocycles. The van der Waals surface area contributed by atoms with E-state index in [2.05, 4.69) is 9.71 Å². The lowest BCUT2D eigenvalue weighted by atomic mass is 10.3. The summed E-state index contributed by atoms with van der Waals surface area (Å²) in [5.41, 5.74) is -0.204. The van der Waals surface area contributed by atoms with Crippen LogP contribution >= 0.6 is 11.6 Å². The first kappa shape index (κ1) is 14.2. The van der Waals surface area contributed by atoms with Crippen LogP contribution in [0.2, 0.25) is 5.15 Å². The molecule has 7 nitrogen and oxygen atoms in total. The van der Waals surface area contributed by atoms with Crippen molar-refractivity contribution in [2.75, 3.05) is 0 Å². The second-order valence-electron chi connectivity index (χ2n) is 3.64. The largest absolute Gasteiger partial charge is 0.284 e. The molecule has 0 aliphatic heterocycles. The van der Waals surface area contributed by atoms with Crippen LogP contribution in [0, 0.1) is 10.1 Å². The first-order valence-electron chi connectivity index (χ1n) is 5.23. The molecule has 0 amide bonds. The molecular weight excluding hydrogens is 306 g/mol. The summed E-state index contributed by atoms with van der Waals surface area (Å²) in [5, 5.41) is 10.6. The number of hydrogen-bond acceptors (Lipinski definition) is 5. The summed E-state index contributed by atoms with van der Waals surface area (Å²) in [6.45, 7) is 0. The van der Waals surface area contributed by atoms with Gasteiger partial charge < -0.3 is 0 Å². The van der Waals surface area contributed by atoms with Gasteiger partial charge >= 0.3 is 0 Å². The molecule has 103 valence electrons. The molecule has 0 saturated heterocycles. The molecular formula is C11H7ClN3O4S. The third kappa shape index (κ3) is 3.22. The lowest BCUT2D eigenvalue weighted by molar-refractivity contribution is -0.384. The van der Waals surface area contributed by atoms with Gasteiger partial charge in [-0.2, -0.15) is 8.42 Å². The maximum atomic E-state index is 12.0. The molecule has 0 saturated carbocycles. The van der Waals surface area contributed by atoms with Gasteiger partial charge in [-0.1, -0.05) is 17.7 Å². The summed E-state index contributed by atoms with van der Waals surface area (Å²) in [5.74, 6) is -0.0594. The van der Waals surface area contributed by atoms with Crippen molar-refractivity contribution in [2.24, 2.45) is 0 Å². The van der Waals surface area contributed by atoms with E-state index in [4.69, 9.17) is 11.6 Å². The van der Waals surface area contributed by atoms with Gasteiger partial charge in [0.15, 0.2) is 5.82 Å². The smallest absolute Gasteiger partial charge is 0.258 e. The Hall–Kier alpha value is -2.19. The number of nitro benzene ring substituents is 1. The number of halogens is 1. The molecule has 0 N–H and O–H groups in total. The Morgan fingerprint density at radius 1 is 1.15 bits per heavy atom. The lowest BCUT2D eigenvalue weighted by Gasteiger charge is -2.04. The molecule has 0 bridgehead atoms. The molecule has 2 rings (SSSR count). The van der Waals surface area contributed by atoms with Crippen molar-refractivity contribution >= 4 is 33.1 Å². The number of aromatic nitrogens is 1. The minimum atomic E-state index is -3.99. The van der Waals surface area contributed by atoms with Gasteiger partial charge in [-0.3, -0.25) is 10.1 Å². The molecule has 2 aromatic rings. The second kappa shape index (κ2) is 5.43. The molecule has 1 aromatic carbocycles. The van der Waals surface area contributed by atoms with Crippen molar-refractivity contribution in [2.45, 2.75) is 4.90 Å². The Labute approximate surface area is 119 Å². The summed E-state index contributed by atoms with van der Waals surface area (Å²) in [6, 6.07) is 8.79. The monoisotopic (exact) mass is 312 g/mol. The molecule has 0 fully saturated rings. The van der Waals surface area contributed by atoms with Gasteiger partial charge in [0.2, 0.25) is 0 Å². The summed E-state index contributed by atoms with van der Waals surface area (Å²) in [6.07, 6.45) is 0. The molecule has 0 aliphatic rings. The van der Waals surface area contributed by atoms with E-state index < -0.39 is 14.9 Å². The SMILES string of the molecule is O=[N+]([O-])c1ccc(S(=O)(=O)[N]c2cccc(Cl)n2)cc1. The molecule has 0 spiro atoms. The quantitative estimate of drug-likeness (QED) is 0.489. The zero-order valence-electron chi connectivity index (χ0n) is 9.80. The van der Waals surface area contributed by atoms with E-state index in [0.717, 1.165) is 24.3 Å². The predicted octanol–water partition coefficient (Wildman–Crippen LogP) is 2.27. The normalized spacial score (nSPS) is 11.1. The average Bonchev–Trinajstić information content (AvgIpc) is 2.38. The average molecular weight is 313 g/mol. The van der Waals surface area contributed by atoms with Crippen LogP contribution < -0.4 is 4.72 Å². The van der Waals surface area contributed by atoms with Crippen LogP contribution in [-0.2, 0) is 10.0 Å². The summed E-state index contributed by atoms with van der Waals surface area (Å²) < 4.78 is 27.5. The van der Waals surface area contributed by atoms with Gasteiger partial charge in [0.1, 0.15) is 5.15 Å². The molecule has 20 heavy (non-hydrogen) atoms. The van der Waals surface area contributed by atoms with E-state index in [0.29, 0.717) is 0 Å². The van der Waals surface area contributed by atoms with Crippen LogP contribution in [0.1, 0.15) is 0 Å². The molecule has 9 heteroatoms. The van der Waals surface area contributed by atoms with Gasteiger partial charge in [-0.25, -0.2) is 4.98 Å². The number of rotatable bonds is 4. The summed E-state index contributed by atoms with van der Waals surface area (Å²) >= 11 is 5.63. The number of non-ortho nitro benzene ring substituents is 1. The number of pyridine rings is 1. The fraction of sp³-hybridized carbons (Fsp3) is 0. The Balaban J connectivity index is 2.28. The molecule has 1 heterocycles. The Morgan fingerprint density at radius 3 is 2.35 bits per heavy atom. The van der Waals surface area contributed by atoms with Crippen molar-refractivity contribution < 1.29 is 13.3 Å². The fourth-order valence-corrected chi connectivity index (χ4v) is 2.46. The lowest BCUT2D eigenvalue weighted by Crippen LogP contribution is -2.12. The number of sulfonamides is 1. The Kier molecular flexibility index (Phi) is 3.86. The summed E-state index contributed by atoms with van der Waals surface area (Å²) in [7, 11) is -3.99. The highest BCUT2D eigenvalue weighted by Crippen LogP contribution is 2.19. The first-order chi connectivity index (χ1) is 9.38. The van der Waals surface area contributed by atoms with E-state index in [1.165, 1.54) is 18.2 Å². The van der Waals surface area contributed by atoms with E-state index in [9.17, 15) is 18.5 Å². The maximum Gasteiger partial charge on any atom is 0.284 e. The standard InChI is InChI=1S/C11H7ClN3O4S/c12-10-2-1-3-11(13-10)14-20(18,19)9-6-4-8(5-7-9)15(16)17/h1-7H. The topological polar surface area (TPSA) is 104 Å². The molecule has 0 atom stereocenters. The van der Waals surface area contributed by atoms with Crippen LogP contribution in [-0.4, -0.2) is 18.3 Å². The van der Waals surface area contributed by atoms with Gasteiger partial charge in [0.05, 0.1) is 9.82 Å². The van der Waals surface area contributed by atoms with E-state index >= 15 is 0 Å². The number of nitrogens with zero attached hydrogens (tertiary/aromatic N) is 3. The highest BCUT2D eigenvalue weighted by molar-refractivity contribution is 7.89. The first-order valence-corrected chi connectivity index (χ1v) is 7.05. The van der Waals surface area contributed by atoms with Crippen LogP contribution in [0.15, 0.2) is 47.4 Å². The maximum absolute atomic E-state index is 12.0. The zero-order chi connectivity index (χ0) is 14.8. The van der Waals surface area contributed by atoms with Crippen LogP contribution in [0.4, 0.5) is 11.5 Å². The minimum Gasteiger partial charge on any atom is -0.258 e. The van der Waals surface area contributed by atoms with Crippen LogP contribution in [0.3, 0.4) is 0 Å². The van der Waals surface area contributed by atoms with Gasteiger partial charge in [-0.15, -0.1) is 4.72 Å². The Morgan fingerprint density at radius 2 is 1.80 bits per heavy atom. The molecule has 0 unspecified atom stereocenters. The van der Waals surface area contributed by atoms with E-state index in [1.54, 1.807) is 0 Å². The third-order valence-electron chi connectivity index (χ3n) is 2.26. The van der Waals surface area contributed by atoms with E-state index in [-0.39, 0.29) is 21.6 Å². The van der Waals surface area contributed by atoms with Crippen molar-refractivity contribution in [3.8, 4) is 0 Å². The Bertz CT molecular complexity index is 747. The number of nitro groups is 1. The zero-order valence-corrected chi connectivity index (χ0v) is 11.4. The highest BCUT2D eigenvalue weighted by atomic mass is 35.5. The van der Waals surface area contributed by atoms with Crippen molar-refractivity contribution in [1.82, 2.24) is 9.71 Å². The van der Waals surface area contributed by atoms with Crippen molar-refractivity contribution in [3.63, 3.8) is 0 Å². The minimum absolute atomic E-state index is 0.0594. The predicted molar refractivity (Wildman–Crippen MR) is 71.3 cm³/mol. The van der Waals surface area contributed by atoms with E-state index in [1.807, 2.05) is 0 Å². The van der Waals surface area contributed by atoms with Crippen LogP contribution in [0.25, 0.3) is 0 Å². The molecule has 0 aliphatic carbocycles. The highest BCUT2D eigenvalue weighted by Gasteiger charge is 2.18.